The van der Waals surface area contributed by atoms with Crippen molar-refractivity contribution < 1.29 is 14.2 Å². The van der Waals surface area contributed by atoms with Gasteiger partial charge >= 0.3 is 0 Å². The summed E-state index contributed by atoms with van der Waals surface area (Å²) in [6.45, 7) is 7.14. The number of likely N-dealkylation sites (tertiary alicyclic amines) is 1. The fourth-order valence-corrected chi connectivity index (χ4v) is 4.25. The van der Waals surface area contributed by atoms with E-state index in [1.807, 2.05) is 24.4 Å². The van der Waals surface area contributed by atoms with Crippen molar-refractivity contribution in [2.24, 2.45) is 11.3 Å². The van der Waals surface area contributed by atoms with Gasteiger partial charge in [0.1, 0.15) is 0 Å². The molecule has 5 heteroatoms. The van der Waals surface area contributed by atoms with E-state index in [1.54, 1.807) is 0 Å². The van der Waals surface area contributed by atoms with Crippen LogP contribution in [0.5, 0.6) is 0 Å². The van der Waals surface area contributed by atoms with Crippen LogP contribution in [0, 0.1) is 11.3 Å². The molecule has 4 rings (SSSR count). The second kappa shape index (κ2) is 6.85. The zero-order valence-electron chi connectivity index (χ0n) is 13.7. The molecule has 3 saturated heterocycles. The van der Waals surface area contributed by atoms with Gasteiger partial charge < -0.3 is 14.2 Å². The second-order valence-electron chi connectivity index (χ2n) is 7.16. The van der Waals surface area contributed by atoms with Crippen LogP contribution in [-0.4, -0.2) is 62.0 Å². The van der Waals surface area contributed by atoms with E-state index < -0.39 is 0 Å². The first-order chi connectivity index (χ1) is 11.4. The molecule has 0 aliphatic carbocycles. The summed E-state index contributed by atoms with van der Waals surface area (Å²) in [5, 5.41) is 0. The molecule has 0 N–H and O–H groups in total. The Morgan fingerprint density at radius 1 is 1.26 bits per heavy atom. The number of rotatable bonds is 5. The summed E-state index contributed by atoms with van der Waals surface area (Å²) in [5.74, 6) is 0.606. The minimum atomic E-state index is 0.174. The maximum absolute atomic E-state index is 6.05. The highest BCUT2D eigenvalue weighted by Gasteiger charge is 2.52. The lowest BCUT2D eigenvalue weighted by Crippen LogP contribution is -2.41. The number of pyridine rings is 1. The van der Waals surface area contributed by atoms with Crippen molar-refractivity contribution in [1.29, 1.82) is 0 Å². The van der Waals surface area contributed by atoms with E-state index in [-0.39, 0.29) is 5.41 Å². The largest absolute Gasteiger partial charge is 0.381 e. The third-order valence-corrected chi connectivity index (χ3v) is 5.62. The number of nitrogens with zero attached hydrogens (tertiary/aromatic N) is 2. The van der Waals surface area contributed by atoms with Gasteiger partial charge in [-0.25, -0.2) is 0 Å². The molecule has 0 radical (unpaired) electrons. The zero-order valence-corrected chi connectivity index (χ0v) is 13.7. The molecule has 126 valence electrons. The Hall–Kier alpha value is -1.01. The zero-order chi connectivity index (χ0) is 15.5. The lowest BCUT2D eigenvalue weighted by Gasteiger charge is -2.33. The van der Waals surface area contributed by atoms with Gasteiger partial charge in [-0.1, -0.05) is 6.07 Å². The summed E-state index contributed by atoms with van der Waals surface area (Å²) < 4.78 is 17.4. The molecule has 3 aliphatic heterocycles. The predicted molar refractivity (Wildman–Crippen MR) is 86.0 cm³/mol. The molecule has 1 aromatic heterocycles. The van der Waals surface area contributed by atoms with Crippen LogP contribution >= 0.6 is 0 Å². The summed E-state index contributed by atoms with van der Waals surface area (Å²) >= 11 is 0. The fraction of sp³-hybridized carbons (Fsp3) is 0.722. The predicted octanol–water partition coefficient (Wildman–Crippen LogP) is 1.73. The highest BCUT2D eigenvalue weighted by molar-refractivity contribution is 5.04. The normalized spacial score (nSPS) is 32.3. The molecular weight excluding hydrogens is 292 g/mol. The van der Waals surface area contributed by atoms with Gasteiger partial charge in [-0.05, 0) is 25.0 Å². The first-order valence-corrected chi connectivity index (χ1v) is 8.73. The minimum Gasteiger partial charge on any atom is -0.381 e. The monoisotopic (exact) mass is 318 g/mol. The van der Waals surface area contributed by atoms with Gasteiger partial charge in [-0.2, -0.15) is 0 Å². The number of ether oxygens (including phenoxy) is 3. The first kappa shape index (κ1) is 15.5. The molecule has 0 unspecified atom stereocenters. The van der Waals surface area contributed by atoms with Crippen molar-refractivity contribution in [3.63, 3.8) is 0 Å². The fourth-order valence-electron chi connectivity index (χ4n) is 4.25. The molecule has 0 saturated carbocycles. The third-order valence-electron chi connectivity index (χ3n) is 5.62. The van der Waals surface area contributed by atoms with Crippen LogP contribution in [0.4, 0.5) is 0 Å². The number of aromatic nitrogens is 1. The Morgan fingerprint density at radius 3 is 3.00 bits per heavy atom. The van der Waals surface area contributed by atoms with E-state index in [1.165, 1.54) is 12.8 Å². The lowest BCUT2D eigenvalue weighted by molar-refractivity contribution is 0.00278. The van der Waals surface area contributed by atoms with Gasteiger partial charge in [0.2, 0.25) is 0 Å². The average Bonchev–Trinajstić information content (AvgIpc) is 3.14. The van der Waals surface area contributed by atoms with E-state index in [2.05, 4.69) is 9.88 Å². The Balaban J connectivity index is 1.35. The molecule has 0 amide bonds. The molecule has 3 fully saturated rings. The average molecular weight is 318 g/mol. The maximum atomic E-state index is 6.05. The standard InChI is InChI=1S/C18H26N2O3/c1-2-6-19-16(3-1)11-23-14-18-12-20(9-15(18)10-22-13-18)17-4-7-21-8-5-17/h1-3,6,15,17H,4-5,7-14H2/t15-,18+/m1/s1. The first-order valence-electron chi connectivity index (χ1n) is 8.73. The van der Waals surface area contributed by atoms with Crippen LogP contribution in [0.3, 0.4) is 0 Å². The van der Waals surface area contributed by atoms with Crippen molar-refractivity contribution >= 4 is 0 Å². The van der Waals surface area contributed by atoms with Crippen molar-refractivity contribution in [1.82, 2.24) is 9.88 Å². The van der Waals surface area contributed by atoms with Gasteiger partial charge in [0.25, 0.3) is 0 Å². The lowest BCUT2D eigenvalue weighted by atomic mass is 9.82. The van der Waals surface area contributed by atoms with Crippen LogP contribution in [0.1, 0.15) is 18.5 Å². The van der Waals surface area contributed by atoms with E-state index >= 15 is 0 Å². The number of fused-ring (bicyclic) bond motifs is 1. The van der Waals surface area contributed by atoms with E-state index in [4.69, 9.17) is 14.2 Å². The molecular formula is C18H26N2O3. The molecule has 2 atom stereocenters. The second-order valence-corrected chi connectivity index (χ2v) is 7.16. The Morgan fingerprint density at radius 2 is 2.17 bits per heavy atom. The maximum Gasteiger partial charge on any atom is 0.0888 e. The van der Waals surface area contributed by atoms with Gasteiger partial charge in [-0.3, -0.25) is 9.88 Å². The van der Waals surface area contributed by atoms with Crippen LogP contribution in [0.2, 0.25) is 0 Å². The molecule has 4 heterocycles. The van der Waals surface area contributed by atoms with Crippen LogP contribution in [-0.2, 0) is 20.8 Å². The SMILES string of the molecule is c1ccc(COC[C@]23COC[C@H]2CN(C2CCOCC2)C3)nc1. The molecule has 5 nitrogen and oxygen atoms in total. The number of hydrogen-bond donors (Lipinski definition) is 0. The smallest absolute Gasteiger partial charge is 0.0888 e. The van der Waals surface area contributed by atoms with Gasteiger partial charge in [-0.15, -0.1) is 0 Å². The van der Waals surface area contributed by atoms with Gasteiger partial charge in [0.15, 0.2) is 0 Å². The highest BCUT2D eigenvalue weighted by atomic mass is 16.5. The van der Waals surface area contributed by atoms with E-state index in [0.29, 0.717) is 18.6 Å². The van der Waals surface area contributed by atoms with Crippen molar-refractivity contribution in [3.05, 3.63) is 30.1 Å². The molecule has 0 spiro atoms. The Kier molecular flexibility index (Phi) is 4.62. The van der Waals surface area contributed by atoms with Crippen LogP contribution in [0.15, 0.2) is 24.4 Å². The number of hydrogen-bond acceptors (Lipinski definition) is 5. The van der Waals surface area contributed by atoms with Gasteiger partial charge in [0.05, 0.1) is 32.1 Å². The van der Waals surface area contributed by atoms with E-state index in [0.717, 1.165) is 51.8 Å². The van der Waals surface area contributed by atoms with Crippen molar-refractivity contribution in [3.8, 4) is 0 Å². The quantitative estimate of drug-likeness (QED) is 0.827. The molecule has 0 bridgehead atoms. The highest BCUT2D eigenvalue weighted by Crippen LogP contribution is 2.43. The third kappa shape index (κ3) is 3.29. The summed E-state index contributed by atoms with van der Waals surface area (Å²) in [5.41, 5.74) is 1.17. The van der Waals surface area contributed by atoms with Gasteiger partial charge in [0, 0.05) is 49.9 Å². The van der Waals surface area contributed by atoms with Crippen molar-refractivity contribution in [2.75, 3.05) is 46.1 Å². The topological polar surface area (TPSA) is 43.8 Å². The summed E-state index contributed by atoms with van der Waals surface area (Å²) in [6, 6.07) is 6.64. The Bertz CT molecular complexity index is 506. The van der Waals surface area contributed by atoms with Crippen molar-refractivity contribution in [2.45, 2.75) is 25.5 Å². The minimum absolute atomic E-state index is 0.174. The summed E-state index contributed by atoms with van der Waals surface area (Å²) in [7, 11) is 0. The van der Waals surface area contributed by atoms with Crippen LogP contribution < -0.4 is 0 Å². The molecule has 3 aliphatic rings. The van der Waals surface area contributed by atoms with E-state index in [9.17, 15) is 0 Å². The summed E-state index contributed by atoms with van der Waals surface area (Å²) in [6.07, 6.45) is 4.15. The molecule has 0 aromatic carbocycles. The molecule has 1 aromatic rings. The molecule has 23 heavy (non-hydrogen) atoms. The Labute approximate surface area is 137 Å². The summed E-state index contributed by atoms with van der Waals surface area (Å²) in [4.78, 5) is 7.00. The van der Waals surface area contributed by atoms with Crippen LogP contribution in [0.25, 0.3) is 0 Å².